The third-order valence-corrected chi connectivity index (χ3v) is 3.14. The molecule has 0 aliphatic heterocycles. The second-order valence-electron chi connectivity index (χ2n) is 4.84. The van der Waals surface area contributed by atoms with E-state index in [2.05, 4.69) is 10.6 Å². The molecule has 3 N–H and O–H groups in total. The van der Waals surface area contributed by atoms with E-state index in [9.17, 15) is 14.7 Å². The summed E-state index contributed by atoms with van der Waals surface area (Å²) < 4.78 is 0. The quantitative estimate of drug-likeness (QED) is 0.667. The standard InChI is InChI=1S/C15H22N2O3/c1-3-11(2)16-10-14(18)17-13(15(19)20)9-12-7-5-4-6-8-12/h4-8,11,13,16H,3,9-10H2,1-2H3,(H,17,18)(H,19,20). The first-order chi connectivity index (χ1) is 9.52. The first-order valence-electron chi connectivity index (χ1n) is 6.82. The zero-order chi connectivity index (χ0) is 15.0. The molecule has 0 saturated carbocycles. The smallest absolute Gasteiger partial charge is 0.326 e. The van der Waals surface area contributed by atoms with E-state index >= 15 is 0 Å². The van der Waals surface area contributed by atoms with Crippen molar-refractivity contribution in [2.45, 2.75) is 38.8 Å². The summed E-state index contributed by atoms with van der Waals surface area (Å²) in [4.78, 5) is 22.9. The molecule has 0 bridgehead atoms. The van der Waals surface area contributed by atoms with Crippen molar-refractivity contribution in [2.75, 3.05) is 6.54 Å². The van der Waals surface area contributed by atoms with Crippen LogP contribution in [0.2, 0.25) is 0 Å². The predicted octanol–water partition coefficient (Wildman–Crippen LogP) is 1.19. The average molecular weight is 278 g/mol. The molecular formula is C15H22N2O3. The van der Waals surface area contributed by atoms with Gasteiger partial charge in [0.1, 0.15) is 6.04 Å². The van der Waals surface area contributed by atoms with E-state index in [1.165, 1.54) is 0 Å². The molecule has 1 rings (SSSR count). The first-order valence-corrected chi connectivity index (χ1v) is 6.82. The van der Waals surface area contributed by atoms with Gasteiger partial charge < -0.3 is 15.7 Å². The second kappa shape index (κ2) is 8.32. The summed E-state index contributed by atoms with van der Waals surface area (Å²) in [5.74, 6) is -1.32. The largest absolute Gasteiger partial charge is 0.480 e. The van der Waals surface area contributed by atoms with Crippen LogP contribution in [-0.2, 0) is 16.0 Å². The molecule has 0 spiro atoms. The highest BCUT2D eigenvalue weighted by Crippen LogP contribution is 2.03. The number of nitrogens with one attached hydrogen (secondary N) is 2. The molecule has 1 aromatic rings. The van der Waals surface area contributed by atoms with E-state index in [0.29, 0.717) is 0 Å². The Hall–Kier alpha value is -1.88. The van der Waals surface area contributed by atoms with Gasteiger partial charge in [-0.2, -0.15) is 0 Å². The maximum Gasteiger partial charge on any atom is 0.326 e. The summed E-state index contributed by atoms with van der Waals surface area (Å²) >= 11 is 0. The molecule has 0 aromatic heterocycles. The Morgan fingerprint density at radius 3 is 2.45 bits per heavy atom. The van der Waals surface area contributed by atoms with Gasteiger partial charge in [0.15, 0.2) is 0 Å². The molecule has 5 heteroatoms. The molecule has 2 unspecified atom stereocenters. The number of amides is 1. The molecule has 1 amide bonds. The van der Waals surface area contributed by atoms with E-state index in [4.69, 9.17) is 0 Å². The van der Waals surface area contributed by atoms with Gasteiger partial charge in [0.25, 0.3) is 0 Å². The van der Waals surface area contributed by atoms with Crippen molar-refractivity contribution in [3.8, 4) is 0 Å². The Bertz CT molecular complexity index is 434. The van der Waals surface area contributed by atoms with E-state index in [0.717, 1.165) is 12.0 Å². The fourth-order valence-corrected chi connectivity index (χ4v) is 1.71. The summed E-state index contributed by atoms with van der Waals surface area (Å²) in [7, 11) is 0. The molecule has 20 heavy (non-hydrogen) atoms. The van der Waals surface area contributed by atoms with Gasteiger partial charge in [-0.05, 0) is 18.9 Å². The number of rotatable bonds is 8. The van der Waals surface area contributed by atoms with Gasteiger partial charge in [-0.1, -0.05) is 37.3 Å². The molecule has 0 heterocycles. The lowest BCUT2D eigenvalue weighted by molar-refractivity contribution is -0.141. The highest BCUT2D eigenvalue weighted by Gasteiger charge is 2.20. The minimum atomic E-state index is -1.02. The molecule has 2 atom stereocenters. The number of carboxylic acid groups (broad SMARTS) is 1. The van der Waals surface area contributed by atoms with Gasteiger partial charge in [0, 0.05) is 12.5 Å². The second-order valence-corrected chi connectivity index (χ2v) is 4.84. The van der Waals surface area contributed by atoms with E-state index in [-0.39, 0.29) is 24.9 Å². The molecule has 0 radical (unpaired) electrons. The van der Waals surface area contributed by atoms with Gasteiger partial charge in [0.05, 0.1) is 6.54 Å². The number of hydrogen-bond acceptors (Lipinski definition) is 3. The monoisotopic (exact) mass is 278 g/mol. The van der Waals surface area contributed by atoms with Crippen LogP contribution >= 0.6 is 0 Å². The zero-order valence-electron chi connectivity index (χ0n) is 11.9. The summed E-state index contributed by atoms with van der Waals surface area (Å²) in [6, 6.07) is 8.59. The van der Waals surface area contributed by atoms with Crippen LogP contribution in [-0.4, -0.2) is 35.6 Å². The van der Waals surface area contributed by atoms with Crippen molar-refractivity contribution >= 4 is 11.9 Å². The van der Waals surface area contributed by atoms with Crippen LogP contribution in [0.3, 0.4) is 0 Å². The van der Waals surface area contributed by atoms with Crippen molar-refractivity contribution < 1.29 is 14.7 Å². The minimum absolute atomic E-state index is 0.133. The third-order valence-electron chi connectivity index (χ3n) is 3.14. The summed E-state index contributed by atoms with van der Waals surface area (Å²) in [6.45, 7) is 4.13. The van der Waals surface area contributed by atoms with Crippen molar-refractivity contribution in [1.82, 2.24) is 10.6 Å². The molecule has 0 aliphatic rings. The van der Waals surface area contributed by atoms with Crippen LogP contribution in [0, 0.1) is 0 Å². The van der Waals surface area contributed by atoms with Gasteiger partial charge in [-0.3, -0.25) is 4.79 Å². The van der Waals surface area contributed by atoms with E-state index in [1.54, 1.807) is 0 Å². The zero-order valence-corrected chi connectivity index (χ0v) is 11.9. The molecule has 0 saturated heterocycles. The molecule has 1 aromatic carbocycles. The maximum atomic E-state index is 11.7. The van der Waals surface area contributed by atoms with Crippen LogP contribution in [0.5, 0.6) is 0 Å². The Morgan fingerprint density at radius 2 is 1.90 bits per heavy atom. The normalized spacial score (nSPS) is 13.5. The predicted molar refractivity (Wildman–Crippen MR) is 77.5 cm³/mol. The fourth-order valence-electron chi connectivity index (χ4n) is 1.71. The number of hydrogen-bond donors (Lipinski definition) is 3. The summed E-state index contributed by atoms with van der Waals surface area (Å²) in [5.41, 5.74) is 0.884. The molecular weight excluding hydrogens is 256 g/mol. The fraction of sp³-hybridized carbons (Fsp3) is 0.467. The Labute approximate surface area is 119 Å². The number of carboxylic acids is 1. The van der Waals surface area contributed by atoms with Gasteiger partial charge >= 0.3 is 5.97 Å². The van der Waals surface area contributed by atoms with Gasteiger partial charge in [0.2, 0.25) is 5.91 Å². The number of benzene rings is 1. The highest BCUT2D eigenvalue weighted by molar-refractivity contribution is 5.84. The van der Waals surface area contributed by atoms with Crippen molar-refractivity contribution in [3.63, 3.8) is 0 Å². The molecule has 0 aliphatic carbocycles. The number of carbonyl (C=O) groups is 2. The van der Waals surface area contributed by atoms with Crippen molar-refractivity contribution in [3.05, 3.63) is 35.9 Å². The number of aliphatic carboxylic acids is 1. The number of carbonyl (C=O) groups excluding carboxylic acids is 1. The van der Waals surface area contributed by atoms with E-state index in [1.807, 2.05) is 44.2 Å². The van der Waals surface area contributed by atoms with Crippen molar-refractivity contribution in [1.29, 1.82) is 0 Å². The topological polar surface area (TPSA) is 78.4 Å². The van der Waals surface area contributed by atoms with Crippen LogP contribution < -0.4 is 10.6 Å². The third kappa shape index (κ3) is 5.84. The molecule has 0 fully saturated rings. The molecule has 110 valence electrons. The van der Waals surface area contributed by atoms with Gasteiger partial charge in [-0.15, -0.1) is 0 Å². The van der Waals surface area contributed by atoms with E-state index < -0.39 is 12.0 Å². The van der Waals surface area contributed by atoms with Crippen LogP contribution in [0.15, 0.2) is 30.3 Å². The van der Waals surface area contributed by atoms with Crippen LogP contribution in [0.25, 0.3) is 0 Å². The lowest BCUT2D eigenvalue weighted by Gasteiger charge is -2.16. The molecule has 5 nitrogen and oxygen atoms in total. The lowest BCUT2D eigenvalue weighted by Crippen LogP contribution is -2.46. The van der Waals surface area contributed by atoms with Gasteiger partial charge in [-0.25, -0.2) is 4.79 Å². The highest BCUT2D eigenvalue weighted by atomic mass is 16.4. The van der Waals surface area contributed by atoms with Crippen LogP contribution in [0.1, 0.15) is 25.8 Å². The SMILES string of the molecule is CCC(C)NCC(=O)NC(Cc1ccccc1)C(=O)O. The Kier molecular flexibility index (Phi) is 6.73. The average Bonchev–Trinajstić information content (AvgIpc) is 2.45. The summed E-state index contributed by atoms with van der Waals surface area (Å²) in [6.07, 6.45) is 1.20. The van der Waals surface area contributed by atoms with Crippen LogP contribution in [0.4, 0.5) is 0 Å². The Balaban J connectivity index is 2.51. The lowest BCUT2D eigenvalue weighted by atomic mass is 10.1. The Morgan fingerprint density at radius 1 is 1.25 bits per heavy atom. The minimum Gasteiger partial charge on any atom is -0.480 e. The first kappa shape index (κ1) is 16.2. The summed E-state index contributed by atoms with van der Waals surface area (Å²) in [5, 5.41) is 14.8. The maximum absolute atomic E-state index is 11.7. The van der Waals surface area contributed by atoms with Crippen molar-refractivity contribution in [2.24, 2.45) is 0 Å².